The fraction of sp³-hybridized carbons (Fsp3) is 0.381. The van der Waals surface area contributed by atoms with Crippen LogP contribution in [0.4, 0.5) is 11.4 Å². The molecule has 9 nitrogen and oxygen atoms in total. The van der Waals surface area contributed by atoms with Gasteiger partial charge in [0.15, 0.2) is 5.16 Å². The molecule has 1 atom stereocenters. The highest BCUT2D eigenvalue weighted by atomic mass is 32.2. The topological polar surface area (TPSA) is 116 Å². The summed E-state index contributed by atoms with van der Waals surface area (Å²) in [7, 11) is 3.09. The van der Waals surface area contributed by atoms with Crippen molar-refractivity contribution in [2.45, 2.75) is 43.0 Å². The molecule has 1 unspecified atom stereocenters. The number of carbonyl (C=O) groups is 1. The molecule has 0 saturated heterocycles. The molecule has 1 aliphatic carbocycles. The van der Waals surface area contributed by atoms with Crippen LogP contribution in [0.25, 0.3) is 10.2 Å². The highest BCUT2D eigenvalue weighted by Crippen LogP contribution is 2.35. The number of non-ortho nitro benzene ring substituents is 1. The number of nitrogens with one attached hydrogen (secondary N) is 1. The van der Waals surface area contributed by atoms with Crippen molar-refractivity contribution in [3.05, 3.63) is 49.1 Å². The number of ether oxygens (including phenoxy) is 1. The number of fused-ring (bicyclic) bond motifs is 3. The second-order valence-electron chi connectivity index (χ2n) is 7.54. The number of aryl methyl sites for hydroxylation is 2. The molecule has 0 aliphatic heterocycles. The Morgan fingerprint density at radius 1 is 1.38 bits per heavy atom. The lowest BCUT2D eigenvalue weighted by molar-refractivity contribution is -0.384. The molecule has 0 bridgehead atoms. The number of nitrogens with zero attached hydrogens (tertiary/aromatic N) is 3. The number of thiophene rings is 1. The molecule has 0 spiro atoms. The maximum Gasteiger partial charge on any atom is 0.271 e. The summed E-state index contributed by atoms with van der Waals surface area (Å²) >= 11 is 2.73. The SMILES string of the molecule is COc1ccc([N+](=O)[O-])cc1NC(=O)C(C)Sc1nc2sc3c(c2c(=O)n1C)CCCC3. The molecule has 0 radical (unpaired) electrons. The lowest BCUT2D eigenvalue weighted by Crippen LogP contribution is -2.26. The molecule has 1 aromatic carbocycles. The van der Waals surface area contributed by atoms with Gasteiger partial charge in [-0.05, 0) is 44.2 Å². The molecule has 11 heteroatoms. The number of hydrogen-bond donors (Lipinski definition) is 1. The van der Waals surface area contributed by atoms with Crippen LogP contribution >= 0.6 is 23.1 Å². The van der Waals surface area contributed by atoms with E-state index in [0.29, 0.717) is 16.3 Å². The van der Waals surface area contributed by atoms with Gasteiger partial charge in [-0.3, -0.25) is 24.3 Å². The van der Waals surface area contributed by atoms with Gasteiger partial charge in [-0.1, -0.05) is 11.8 Å². The summed E-state index contributed by atoms with van der Waals surface area (Å²) in [5.74, 6) is -0.0640. The van der Waals surface area contributed by atoms with Crippen LogP contribution in [0.1, 0.15) is 30.2 Å². The van der Waals surface area contributed by atoms with Gasteiger partial charge in [0, 0.05) is 24.1 Å². The first-order valence-corrected chi connectivity index (χ1v) is 11.8. The number of benzene rings is 1. The van der Waals surface area contributed by atoms with Gasteiger partial charge >= 0.3 is 0 Å². The third-order valence-electron chi connectivity index (χ3n) is 5.46. The van der Waals surface area contributed by atoms with Crippen LogP contribution in [0.3, 0.4) is 0 Å². The second kappa shape index (κ2) is 8.91. The molecule has 1 aliphatic rings. The molecule has 2 aromatic heterocycles. The highest BCUT2D eigenvalue weighted by Gasteiger charge is 2.24. The molecular weight excluding hydrogens is 452 g/mol. The number of aromatic nitrogens is 2. The van der Waals surface area contributed by atoms with Gasteiger partial charge in [-0.2, -0.15) is 0 Å². The maximum atomic E-state index is 13.0. The van der Waals surface area contributed by atoms with E-state index in [1.807, 2.05) is 0 Å². The largest absolute Gasteiger partial charge is 0.495 e. The van der Waals surface area contributed by atoms with Crippen LogP contribution in [-0.2, 0) is 24.7 Å². The summed E-state index contributed by atoms with van der Waals surface area (Å²) in [5.41, 5.74) is 1.09. The van der Waals surface area contributed by atoms with Crippen molar-refractivity contribution in [2.75, 3.05) is 12.4 Å². The summed E-state index contributed by atoms with van der Waals surface area (Å²) in [6, 6.07) is 4.00. The zero-order chi connectivity index (χ0) is 23.0. The summed E-state index contributed by atoms with van der Waals surface area (Å²) in [4.78, 5) is 43.0. The van der Waals surface area contributed by atoms with E-state index >= 15 is 0 Å². The first kappa shape index (κ1) is 22.3. The van der Waals surface area contributed by atoms with Crippen LogP contribution in [0.5, 0.6) is 5.75 Å². The third kappa shape index (κ3) is 4.09. The summed E-state index contributed by atoms with van der Waals surface area (Å²) in [5, 5.41) is 14.3. The Kier molecular flexibility index (Phi) is 6.20. The Balaban J connectivity index is 1.59. The molecule has 2 heterocycles. The molecule has 0 saturated carbocycles. The number of amides is 1. The van der Waals surface area contributed by atoms with Crippen molar-refractivity contribution >= 4 is 50.6 Å². The van der Waals surface area contributed by atoms with Crippen LogP contribution in [-0.4, -0.2) is 32.7 Å². The smallest absolute Gasteiger partial charge is 0.271 e. The number of anilines is 1. The average molecular weight is 475 g/mol. The van der Waals surface area contributed by atoms with E-state index in [4.69, 9.17) is 9.72 Å². The number of thioether (sulfide) groups is 1. The Hall–Kier alpha value is -2.92. The predicted molar refractivity (Wildman–Crippen MR) is 125 cm³/mol. The van der Waals surface area contributed by atoms with Crippen molar-refractivity contribution in [1.29, 1.82) is 0 Å². The van der Waals surface area contributed by atoms with Crippen molar-refractivity contribution in [2.24, 2.45) is 7.05 Å². The van der Waals surface area contributed by atoms with Crippen molar-refractivity contribution in [1.82, 2.24) is 9.55 Å². The van der Waals surface area contributed by atoms with E-state index in [1.54, 1.807) is 25.3 Å². The van der Waals surface area contributed by atoms with Gasteiger partial charge in [-0.25, -0.2) is 4.98 Å². The van der Waals surface area contributed by atoms with Crippen LogP contribution < -0.4 is 15.6 Å². The Morgan fingerprint density at radius 2 is 2.12 bits per heavy atom. The lowest BCUT2D eigenvalue weighted by Gasteiger charge is -2.15. The standard InChI is InChI=1S/C21H22N4O5S2/c1-11(18(26)22-14-10-12(25(28)29)8-9-15(14)30-3)31-21-23-19-17(20(27)24(21)2)13-6-4-5-7-16(13)32-19/h8-11H,4-7H2,1-3H3,(H,22,26). The Morgan fingerprint density at radius 3 is 2.84 bits per heavy atom. The maximum absolute atomic E-state index is 13.0. The number of carbonyl (C=O) groups excluding carboxylic acids is 1. The van der Waals surface area contributed by atoms with Gasteiger partial charge in [0.25, 0.3) is 11.2 Å². The van der Waals surface area contributed by atoms with E-state index in [9.17, 15) is 19.7 Å². The van der Waals surface area contributed by atoms with Crippen LogP contribution in [0, 0.1) is 10.1 Å². The molecule has 1 amide bonds. The predicted octanol–water partition coefficient (Wildman–Crippen LogP) is 3.91. The van der Waals surface area contributed by atoms with Crippen LogP contribution in [0.15, 0.2) is 28.2 Å². The van der Waals surface area contributed by atoms with E-state index in [0.717, 1.165) is 36.1 Å². The molecule has 3 aromatic rings. The fourth-order valence-corrected chi connectivity index (χ4v) is 5.90. The first-order chi connectivity index (χ1) is 15.3. The molecule has 32 heavy (non-hydrogen) atoms. The molecule has 4 rings (SSSR count). The fourth-order valence-electron chi connectivity index (χ4n) is 3.73. The summed E-state index contributed by atoms with van der Waals surface area (Å²) < 4.78 is 6.69. The van der Waals surface area contributed by atoms with Gasteiger partial charge in [0.2, 0.25) is 5.91 Å². The number of hydrogen-bond acceptors (Lipinski definition) is 8. The lowest BCUT2D eigenvalue weighted by atomic mass is 9.97. The number of rotatable bonds is 6. The van der Waals surface area contributed by atoms with Gasteiger partial charge in [0.1, 0.15) is 10.6 Å². The number of nitro benzene ring substituents is 1. The summed E-state index contributed by atoms with van der Waals surface area (Å²) in [6.07, 6.45) is 4.09. The van der Waals surface area contributed by atoms with Crippen molar-refractivity contribution in [3.8, 4) is 5.75 Å². The number of methoxy groups -OCH3 is 1. The first-order valence-electron chi connectivity index (χ1n) is 10.1. The molecule has 168 valence electrons. The molecule has 1 N–H and O–H groups in total. The van der Waals surface area contributed by atoms with E-state index in [1.165, 1.54) is 46.5 Å². The average Bonchev–Trinajstić information content (AvgIpc) is 3.15. The summed E-state index contributed by atoms with van der Waals surface area (Å²) in [6.45, 7) is 1.69. The van der Waals surface area contributed by atoms with Crippen LogP contribution in [0.2, 0.25) is 0 Å². The van der Waals surface area contributed by atoms with E-state index in [-0.39, 0.29) is 22.8 Å². The minimum Gasteiger partial charge on any atom is -0.495 e. The minimum atomic E-state index is -0.607. The monoisotopic (exact) mass is 474 g/mol. The zero-order valence-corrected chi connectivity index (χ0v) is 19.5. The third-order valence-corrected chi connectivity index (χ3v) is 7.79. The molecular formula is C21H22N4O5S2. The minimum absolute atomic E-state index is 0.0927. The van der Waals surface area contributed by atoms with E-state index < -0.39 is 10.2 Å². The van der Waals surface area contributed by atoms with E-state index in [2.05, 4.69) is 5.32 Å². The highest BCUT2D eigenvalue weighted by molar-refractivity contribution is 8.00. The van der Waals surface area contributed by atoms with Gasteiger partial charge in [0.05, 0.1) is 28.4 Å². The normalized spacial score (nSPS) is 14.1. The van der Waals surface area contributed by atoms with Gasteiger partial charge in [-0.15, -0.1) is 11.3 Å². The van der Waals surface area contributed by atoms with Crippen molar-refractivity contribution < 1.29 is 14.5 Å². The Bertz CT molecular complexity index is 1280. The zero-order valence-electron chi connectivity index (χ0n) is 17.8. The second-order valence-corrected chi connectivity index (χ2v) is 9.93. The number of nitro groups is 1. The molecule has 0 fully saturated rings. The quantitative estimate of drug-likeness (QED) is 0.249. The van der Waals surface area contributed by atoms with Gasteiger partial charge < -0.3 is 10.1 Å². The Labute approximate surface area is 192 Å². The van der Waals surface area contributed by atoms with Crippen molar-refractivity contribution in [3.63, 3.8) is 0 Å².